The zero-order valence-electron chi connectivity index (χ0n) is 11.2. The molecule has 110 valence electrons. The Morgan fingerprint density at radius 2 is 2.05 bits per heavy atom. The third-order valence-corrected chi connectivity index (χ3v) is 3.38. The predicted octanol–water partition coefficient (Wildman–Crippen LogP) is -0.263. The molecule has 1 fully saturated rings. The molecule has 2 rings (SSSR count). The summed E-state index contributed by atoms with van der Waals surface area (Å²) in [5, 5.41) is 23.4. The summed E-state index contributed by atoms with van der Waals surface area (Å²) in [7, 11) is 2.06. The number of carboxylic acids is 1. The molecule has 0 aromatic carbocycles. The van der Waals surface area contributed by atoms with E-state index in [1.165, 1.54) is 10.9 Å². The van der Waals surface area contributed by atoms with Crippen LogP contribution in [-0.2, 0) is 6.54 Å². The molecule has 9 heteroatoms. The molecule has 0 spiro atoms. The van der Waals surface area contributed by atoms with Crippen molar-refractivity contribution >= 4 is 11.7 Å². The van der Waals surface area contributed by atoms with E-state index >= 15 is 0 Å². The molecule has 9 nitrogen and oxygen atoms in total. The molecule has 0 aliphatic carbocycles. The molecule has 1 aliphatic heterocycles. The van der Waals surface area contributed by atoms with Crippen molar-refractivity contribution in [3.63, 3.8) is 0 Å². The van der Waals surface area contributed by atoms with Crippen LogP contribution in [0.5, 0.6) is 0 Å². The number of carbonyl (C=O) groups is 1. The second-order valence-electron chi connectivity index (χ2n) is 4.83. The summed E-state index contributed by atoms with van der Waals surface area (Å²) in [6.45, 7) is 4.99. The van der Waals surface area contributed by atoms with Crippen molar-refractivity contribution in [2.75, 3.05) is 39.8 Å². The van der Waals surface area contributed by atoms with Gasteiger partial charge in [0, 0.05) is 32.7 Å². The predicted molar refractivity (Wildman–Crippen MR) is 69.8 cm³/mol. The molecule has 1 aromatic heterocycles. The Morgan fingerprint density at radius 1 is 1.40 bits per heavy atom. The van der Waals surface area contributed by atoms with Crippen LogP contribution in [0.3, 0.4) is 0 Å². The number of hydrogen-bond donors (Lipinski definition) is 1. The van der Waals surface area contributed by atoms with E-state index in [1.54, 1.807) is 0 Å². The Balaban J connectivity index is 1.98. The van der Waals surface area contributed by atoms with Gasteiger partial charge in [-0.15, -0.1) is 0 Å². The van der Waals surface area contributed by atoms with Gasteiger partial charge in [-0.05, 0) is 7.05 Å². The molecule has 0 unspecified atom stereocenters. The fraction of sp³-hybridized carbons (Fsp3) is 0.636. The molecule has 20 heavy (non-hydrogen) atoms. The summed E-state index contributed by atoms with van der Waals surface area (Å²) >= 11 is 0. The van der Waals surface area contributed by atoms with E-state index in [9.17, 15) is 14.9 Å². The largest absolute Gasteiger partial charge is 0.476 e. The Bertz CT molecular complexity index is 475. The van der Waals surface area contributed by atoms with Crippen LogP contribution in [-0.4, -0.2) is 75.4 Å². The highest BCUT2D eigenvalue weighted by Gasteiger charge is 2.25. The minimum atomic E-state index is -1.38. The monoisotopic (exact) mass is 283 g/mol. The Morgan fingerprint density at radius 3 is 2.55 bits per heavy atom. The van der Waals surface area contributed by atoms with Crippen molar-refractivity contribution in [1.82, 2.24) is 19.6 Å². The molecule has 1 saturated heterocycles. The van der Waals surface area contributed by atoms with E-state index < -0.39 is 22.3 Å². The lowest BCUT2D eigenvalue weighted by molar-refractivity contribution is -0.385. The van der Waals surface area contributed by atoms with Gasteiger partial charge in [-0.2, -0.15) is 5.10 Å². The SMILES string of the molecule is CN1CCN(CCn2cc([N+](=O)[O-])c(C(=O)O)n2)CC1. The van der Waals surface area contributed by atoms with E-state index in [4.69, 9.17) is 5.11 Å². The number of aromatic nitrogens is 2. The van der Waals surface area contributed by atoms with Gasteiger partial charge in [0.05, 0.1) is 11.5 Å². The highest BCUT2D eigenvalue weighted by atomic mass is 16.6. The average Bonchev–Trinajstić information content (AvgIpc) is 2.83. The lowest BCUT2D eigenvalue weighted by Crippen LogP contribution is -2.45. The quantitative estimate of drug-likeness (QED) is 0.586. The van der Waals surface area contributed by atoms with Gasteiger partial charge >= 0.3 is 11.7 Å². The second kappa shape index (κ2) is 5.97. The van der Waals surface area contributed by atoms with Gasteiger partial charge in [0.2, 0.25) is 5.69 Å². The summed E-state index contributed by atoms with van der Waals surface area (Å²) in [6.07, 6.45) is 1.18. The third-order valence-electron chi connectivity index (χ3n) is 3.38. The number of rotatable bonds is 5. The summed E-state index contributed by atoms with van der Waals surface area (Å²) in [5.41, 5.74) is -0.968. The summed E-state index contributed by atoms with van der Waals surface area (Å²) in [5.74, 6) is -1.38. The highest BCUT2D eigenvalue weighted by molar-refractivity contribution is 5.89. The number of aromatic carboxylic acids is 1. The Kier molecular flexibility index (Phi) is 4.30. The minimum Gasteiger partial charge on any atom is -0.476 e. The average molecular weight is 283 g/mol. The number of hydrogen-bond acceptors (Lipinski definition) is 6. The molecule has 0 amide bonds. The summed E-state index contributed by atoms with van der Waals surface area (Å²) in [6, 6.07) is 0. The number of nitrogens with zero attached hydrogens (tertiary/aromatic N) is 5. The van der Waals surface area contributed by atoms with E-state index in [2.05, 4.69) is 21.9 Å². The maximum atomic E-state index is 10.9. The van der Waals surface area contributed by atoms with Gasteiger partial charge in [0.1, 0.15) is 6.20 Å². The van der Waals surface area contributed by atoms with Crippen molar-refractivity contribution in [3.8, 4) is 0 Å². The number of likely N-dealkylation sites (N-methyl/N-ethyl adjacent to an activating group) is 1. The first-order valence-corrected chi connectivity index (χ1v) is 6.33. The van der Waals surface area contributed by atoms with Crippen LogP contribution in [0.15, 0.2) is 6.20 Å². The van der Waals surface area contributed by atoms with Gasteiger partial charge in [-0.1, -0.05) is 0 Å². The summed E-state index contributed by atoms with van der Waals surface area (Å²) < 4.78 is 1.33. The van der Waals surface area contributed by atoms with Crippen LogP contribution >= 0.6 is 0 Å². The number of carboxylic acid groups (broad SMARTS) is 1. The zero-order chi connectivity index (χ0) is 14.7. The van der Waals surface area contributed by atoms with Gasteiger partial charge in [-0.3, -0.25) is 19.7 Å². The van der Waals surface area contributed by atoms with Crippen LogP contribution in [0.4, 0.5) is 5.69 Å². The summed E-state index contributed by atoms with van der Waals surface area (Å²) in [4.78, 5) is 25.4. The Hall–Kier alpha value is -2.00. The minimum absolute atomic E-state index is 0.442. The lowest BCUT2D eigenvalue weighted by atomic mass is 10.3. The van der Waals surface area contributed by atoms with Crippen molar-refractivity contribution in [2.24, 2.45) is 0 Å². The lowest BCUT2D eigenvalue weighted by Gasteiger charge is -2.32. The first-order chi connectivity index (χ1) is 9.47. The van der Waals surface area contributed by atoms with Crippen LogP contribution < -0.4 is 0 Å². The first kappa shape index (κ1) is 14.4. The molecule has 0 atom stereocenters. The molecule has 1 N–H and O–H groups in total. The van der Waals surface area contributed by atoms with Gasteiger partial charge < -0.3 is 10.0 Å². The zero-order valence-corrected chi connectivity index (χ0v) is 11.2. The fourth-order valence-electron chi connectivity index (χ4n) is 2.13. The number of piperazine rings is 1. The van der Waals surface area contributed by atoms with Crippen LogP contribution in [0.2, 0.25) is 0 Å². The van der Waals surface area contributed by atoms with Gasteiger partial charge in [0.15, 0.2) is 0 Å². The van der Waals surface area contributed by atoms with Crippen LogP contribution in [0, 0.1) is 10.1 Å². The smallest absolute Gasteiger partial charge is 0.363 e. The number of nitro groups is 1. The van der Waals surface area contributed by atoms with E-state index in [0.29, 0.717) is 13.1 Å². The highest BCUT2D eigenvalue weighted by Crippen LogP contribution is 2.16. The van der Waals surface area contributed by atoms with Crippen molar-refractivity contribution in [1.29, 1.82) is 0 Å². The van der Waals surface area contributed by atoms with Crippen LogP contribution in [0.1, 0.15) is 10.5 Å². The molecule has 0 saturated carbocycles. The van der Waals surface area contributed by atoms with E-state index in [0.717, 1.165) is 26.2 Å². The normalized spacial score (nSPS) is 17.2. The van der Waals surface area contributed by atoms with E-state index in [-0.39, 0.29) is 0 Å². The Labute approximate surface area is 115 Å². The van der Waals surface area contributed by atoms with Gasteiger partial charge in [-0.25, -0.2) is 4.79 Å². The molecule has 1 aliphatic rings. The molecular formula is C11H17N5O4. The first-order valence-electron chi connectivity index (χ1n) is 6.33. The maximum Gasteiger partial charge on any atom is 0.363 e. The topological polar surface area (TPSA) is 105 Å². The molecule has 2 heterocycles. The molecule has 0 radical (unpaired) electrons. The van der Waals surface area contributed by atoms with E-state index in [1.807, 2.05) is 0 Å². The van der Waals surface area contributed by atoms with Crippen molar-refractivity contribution < 1.29 is 14.8 Å². The fourth-order valence-corrected chi connectivity index (χ4v) is 2.13. The second-order valence-corrected chi connectivity index (χ2v) is 4.83. The van der Waals surface area contributed by atoms with Crippen molar-refractivity contribution in [3.05, 3.63) is 22.0 Å². The van der Waals surface area contributed by atoms with Crippen molar-refractivity contribution in [2.45, 2.75) is 6.54 Å². The maximum absolute atomic E-state index is 10.9. The standard InChI is InChI=1S/C11H17N5O4/c1-13-2-4-14(5-3-13)6-7-15-8-9(16(19)20)10(12-15)11(17)18/h8H,2-7H2,1H3,(H,17,18). The molecule has 1 aromatic rings. The van der Waals surface area contributed by atoms with Crippen LogP contribution in [0.25, 0.3) is 0 Å². The third kappa shape index (κ3) is 3.31. The molecular weight excluding hydrogens is 266 g/mol. The molecule has 0 bridgehead atoms. The van der Waals surface area contributed by atoms with Gasteiger partial charge in [0.25, 0.3) is 0 Å².